The lowest BCUT2D eigenvalue weighted by molar-refractivity contribution is 0.149. The van der Waals surface area contributed by atoms with E-state index in [-0.39, 0.29) is 24.4 Å². The first-order chi connectivity index (χ1) is 6.60. The molecule has 0 aliphatic rings. The Morgan fingerprint density at radius 1 is 1.57 bits per heavy atom. The van der Waals surface area contributed by atoms with Crippen molar-refractivity contribution in [3.63, 3.8) is 0 Å². The number of halogens is 3. The predicted molar refractivity (Wildman–Crippen MR) is 55.7 cm³/mol. The molecule has 0 aromatic carbocycles. The van der Waals surface area contributed by atoms with E-state index in [9.17, 15) is 8.78 Å². The molecule has 0 fully saturated rings. The summed E-state index contributed by atoms with van der Waals surface area (Å²) in [6, 6.07) is 1.25. The number of nitrogens with zero attached hydrogens (tertiary/aromatic N) is 1. The van der Waals surface area contributed by atoms with Crippen LogP contribution in [0.5, 0.6) is 0 Å². The van der Waals surface area contributed by atoms with Gasteiger partial charge in [-0.25, -0.2) is 13.8 Å². The van der Waals surface area contributed by atoms with Gasteiger partial charge in [-0.05, 0) is 28.7 Å². The average Bonchev–Trinajstić information content (AvgIpc) is 2.16. The van der Waals surface area contributed by atoms with E-state index in [0.29, 0.717) is 9.26 Å². The standard InChI is InChI=1S/C8H9F2IN2O/c9-7(10)5-1-4(3-14)8(11)13-6(5)2-12/h1,7,14H,2-3,12H2. The molecule has 0 aliphatic carbocycles. The molecular formula is C8H9F2IN2O. The normalized spacial score (nSPS) is 11.0. The van der Waals surface area contributed by atoms with Crippen molar-refractivity contribution >= 4 is 22.6 Å². The van der Waals surface area contributed by atoms with Crippen LogP contribution in [0.1, 0.15) is 23.2 Å². The lowest BCUT2D eigenvalue weighted by atomic mass is 10.1. The van der Waals surface area contributed by atoms with Crippen molar-refractivity contribution in [2.75, 3.05) is 0 Å². The van der Waals surface area contributed by atoms with Crippen LogP contribution in [0.4, 0.5) is 8.78 Å². The third-order valence-electron chi connectivity index (χ3n) is 1.76. The molecule has 0 saturated heterocycles. The Balaban J connectivity index is 3.25. The molecule has 14 heavy (non-hydrogen) atoms. The Bertz CT molecular complexity index is 333. The van der Waals surface area contributed by atoms with Gasteiger partial charge in [0.1, 0.15) is 3.70 Å². The summed E-state index contributed by atoms with van der Waals surface area (Å²) in [6.45, 7) is -0.322. The van der Waals surface area contributed by atoms with E-state index in [1.165, 1.54) is 6.07 Å². The highest BCUT2D eigenvalue weighted by Crippen LogP contribution is 2.24. The smallest absolute Gasteiger partial charge is 0.265 e. The molecule has 3 N–H and O–H groups in total. The Kier molecular flexibility index (Phi) is 4.14. The molecule has 1 aromatic rings. The first kappa shape index (κ1) is 11.7. The molecule has 0 spiro atoms. The highest BCUT2D eigenvalue weighted by molar-refractivity contribution is 14.1. The van der Waals surface area contributed by atoms with Crippen LogP contribution in [-0.4, -0.2) is 10.1 Å². The third kappa shape index (κ3) is 2.37. The van der Waals surface area contributed by atoms with Gasteiger partial charge in [-0.2, -0.15) is 0 Å². The second kappa shape index (κ2) is 4.94. The number of aliphatic hydroxyl groups excluding tert-OH is 1. The first-order valence-corrected chi connectivity index (χ1v) is 4.95. The number of aliphatic hydroxyl groups is 1. The van der Waals surface area contributed by atoms with Crippen LogP contribution in [-0.2, 0) is 13.2 Å². The fraction of sp³-hybridized carbons (Fsp3) is 0.375. The molecule has 1 rings (SSSR count). The van der Waals surface area contributed by atoms with E-state index in [1.54, 1.807) is 0 Å². The van der Waals surface area contributed by atoms with Crippen LogP contribution in [0.2, 0.25) is 0 Å². The fourth-order valence-electron chi connectivity index (χ4n) is 1.05. The van der Waals surface area contributed by atoms with Crippen molar-refractivity contribution in [1.29, 1.82) is 0 Å². The number of rotatable bonds is 3. The van der Waals surface area contributed by atoms with Gasteiger partial charge in [0, 0.05) is 17.7 Å². The maximum absolute atomic E-state index is 12.5. The number of alkyl halides is 2. The summed E-state index contributed by atoms with van der Waals surface area (Å²) in [5, 5.41) is 8.87. The minimum Gasteiger partial charge on any atom is -0.392 e. The van der Waals surface area contributed by atoms with E-state index in [2.05, 4.69) is 4.98 Å². The van der Waals surface area contributed by atoms with E-state index >= 15 is 0 Å². The molecule has 0 atom stereocenters. The topological polar surface area (TPSA) is 59.1 Å². The highest BCUT2D eigenvalue weighted by atomic mass is 127. The van der Waals surface area contributed by atoms with Crippen LogP contribution < -0.4 is 5.73 Å². The average molecular weight is 314 g/mol. The summed E-state index contributed by atoms with van der Waals surface area (Å²) in [5.74, 6) is 0. The molecular weight excluding hydrogens is 305 g/mol. The summed E-state index contributed by atoms with van der Waals surface area (Å²) in [4.78, 5) is 3.91. The largest absolute Gasteiger partial charge is 0.392 e. The number of pyridine rings is 1. The SMILES string of the molecule is NCc1nc(I)c(CO)cc1C(F)F. The number of hydrogen-bond donors (Lipinski definition) is 2. The fourth-order valence-corrected chi connectivity index (χ4v) is 1.67. The Labute approximate surface area is 93.5 Å². The van der Waals surface area contributed by atoms with Gasteiger partial charge in [-0.3, -0.25) is 0 Å². The maximum atomic E-state index is 12.5. The van der Waals surface area contributed by atoms with Gasteiger partial charge in [0.15, 0.2) is 0 Å². The van der Waals surface area contributed by atoms with Gasteiger partial charge in [0.05, 0.1) is 12.3 Å². The van der Waals surface area contributed by atoms with Gasteiger partial charge in [0.25, 0.3) is 6.43 Å². The van der Waals surface area contributed by atoms with Gasteiger partial charge in [-0.15, -0.1) is 0 Å². The maximum Gasteiger partial charge on any atom is 0.265 e. The molecule has 1 heterocycles. The highest BCUT2D eigenvalue weighted by Gasteiger charge is 2.16. The van der Waals surface area contributed by atoms with Gasteiger partial charge in [-0.1, -0.05) is 0 Å². The summed E-state index contributed by atoms with van der Waals surface area (Å²) >= 11 is 1.88. The second-order valence-corrected chi connectivity index (χ2v) is 3.66. The lowest BCUT2D eigenvalue weighted by Crippen LogP contribution is -2.08. The van der Waals surface area contributed by atoms with Gasteiger partial charge < -0.3 is 10.8 Å². The molecule has 78 valence electrons. The quantitative estimate of drug-likeness (QED) is 0.658. The van der Waals surface area contributed by atoms with Crippen LogP contribution >= 0.6 is 22.6 Å². The zero-order valence-electron chi connectivity index (χ0n) is 7.17. The summed E-state index contributed by atoms with van der Waals surface area (Å²) in [7, 11) is 0. The van der Waals surface area contributed by atoms with Crippen LogP contribution in [0.25, 0.3) is 0 Å². The summed E-state index contributed by atoms with van der Waals surface area (Å²) in [6.07, 6.45) is -2.61. The Morgan fingerprint density at radius 2 is 2.21 bits per heavy atom. The van der Waals surface area contributed by atoms with Crippen molar-refractivity contribution in [2.24, 2.45) is 5.73 Å². The minimum atomic E-state index is -2.61. The zero-order chi connectivity index (χ0) is 10.7. The third-order valence-corrected chi connectivity index (χ3v) is 2.69. The van der Waals surface area contributed by atoms with E-state index in [0.717, 1.165) is 0 Å². The van der Waals surface area contributed by atoms with Crippen LogP contribution in [0.15, 0.2) is 6.07 Å². The number of hydrogen-bond acceptors (Lipinski definition) is 3. The van der Waals surface area contributed by atoms with Crippen molar-refractivity contribution in [3.05, 3.63) is 26.6 Å². The minimum absolute atomic E-state index is 0.0264. The zero-order valence-corrected chi connectivity index (χ0v) is 9.33. The van der Waals surface area contributed by atoms with Crippen molar-refractivity contribution < 1.29 is 13.9 Å². The van der Waals surface area contributed by atoms with Gasteiger partial charge >= 0.3 is 0 Å². The van der Waals surface area contributed by atoms with Crippen LogP contribution in [0, 0.1) is 3.70 Å². The van der Waals surface area contributed by atoms with E-state index in [1.807, 2.05) is 22.6 Å². The summed E-state index contributed by atoms with van der Waals surface area (Å²) < 4.78 is 25.5. The van der Waals surface area contributed by atoms with E-state index in [4.69, 9.17) is 10.8 Å². The molecule has 6 heteroatoms. The molecule has 0 radical (unpaired) electrons. The molecule has 1 aromatic heterocycles. The Morgan fingerprint density at radius 3 is 2.64 bits per heavy atom. The predicted octanol–water partition coefficient (Wildman–Crippen LogP) is 1.57. The molecule has 0 saturated carbocycles. The van der Waals surface area contributed by atoms with E-state index < -0.39 is 6.43 Å². The molecule has 0 unspecified atom stereocenters. The van der Waals surface area contributed by atoms with Crippen molar-refractivity contribution in [3.8, 4) is 0 Å². The molecule has 0 aliphatic heterocycles. The summed E-state index contributed by atoms with van der Waals surface area (Å²) in [5.41, 5.74) is 5.67. The number of nitrogens with two attached hydrogens (primary N) is 1. The first-order valence-electron chi connectivity index (χ1n) is 3.87. The van der Waals surface area contributed by atoms with Crippen molar-refractivity contribution in [2.45, 2.75) is 19.6 Å². The van der Waals surface area contributed by atoms with Crippen LogP contribution in [0.3, 0.4) is 0 Å². The van der Waals surface area contributed by atoms with Crippen molar-refractivity contribution in [1.82, 2.24) is 4.98 Å². The van der Waals surface area contributed by atoms with Gasteiger partial charge in [0.2, 0.25) is 0 Å². The molecule has 0 amide bonds. The number of aromatic nitrogens is 1. The Hall–Kier alpha value is -0.340. The lowest BCUT2D eigenvalue weighted by Gasteiger charge is -2.09. The molecule has 3 nitrogen and oxygen atoms in total. The molecule has 0 bridgehead atoms. The monoisotopic (exact) mass is 314 g/mol. The second-order valence-electron chi connectivity index (χ2n) is 2.64.